The quantitative estimate of drug-likeness (QED) is 0.133. The zero-order chi connectivity index (χ0) is 34.4. The van der Waals surface area contributed by atoms with Gasteiger partial charge in [-0.25, -0.2) is 0 Å². The van der Waals surface area contributed by atoms with Crippen molar-refractivity contribution in [3.05, 3.63) is 218 Å². The summed E-state index contributed by atoms with van der Waals surface area (Å²) in [7, 11) is 0. The summed E-state index contributed by atoms with van der Waals surface area (Å²) in [6.45, 7) is 3.74. The Labute approximate surface area is 300 Å². The van der Waals surface area contributed by atoms with Crippen LogP contribution in [0, 0.1) is 0 Å². The Morgan fingerprint density at radius 2 is 0.882 bits per heavy atom. The summed E-state index contributed by atoms with van der Waals surface area (Å²) in [4.78, 5) is 2.33. The Morgan fingerprint density at radius 1 is 0.431 bits per heavy atom. The van der Waals surface area contributed by atoms with E-state index in [2.05, 4.69) is 204 Å². The molecule has 0 saturated carbocycles. The van der Waals surface area contributed by atoms with Crippen LogP contribution in [0.15, 0.2) is 213 Å². The minimum Gasteiger partial charge on any atom is -0.311 e. The molecule has 0 atom stereocenters. The van der Waals surface area contributed by atoms with E-state index in [1.165, 1.54) is 49.6 Å². The summed E-state index contributed by atoms with van der Waals surface area (Å²) >= 11 is 0. The number of allylic oxidation sites excluding steroid dienone is 5. The molecule has 2 heteroatoms. The van der Waals surface area contributed by atoms with Gasteiger partial charge < -0.3 is 9.47 Å². The molecule has 8 aromatic rings. The Morgan fingerprint density at radius 3 is 1.41 bits per heavy atom. The van der Waals surface area contributed by atoms with E-state index in [4.69, 9.17) is 0 Å². The Hall–Kier alpha value is -6.64. The monoisotopic (exact) mass is 654 g/mol. The van der Waals surface area contributed by atoms with E-state index in [-0.39, 0.29) is 0 Å². The molecule has 0 spiro atoms. The second kappa shape index (κ2) is 14.5. The first-order chi connectivity index (χ1) is 25.3. The van der Waals surface area contributed by atoms with Crippen LogP contribution in [0.4, 0.5) is 17.1 Å². The number of para-hydroxylation sites is 2. The van der Waals surface area contributed by atoms with Crippen LogP contribution in [0.25, 0.3) is 49.7 Å². The summed E-state index contributed by atoms with van der Waals surface area (Å²) in [6.07, 6.45) is 10.8. The SMILES string of the molecule is C=C/C=C\C=C/Cc1ccc(N(c2ccc(-c3ccccc3)cc2)c2ccc(-c3ccc(-n4c5ccccc5c5ccccc54)cc3)cc2)cc1. The molecule has 0 radical (unpaired) electrons. The zero-order valence-electron chi connectivity index (χ0n) is 28.4. The lowest BCUT2D eigenvalue weighted by Crippen LogP contribution is -2.10. The summed E-state index contributed by atoms with van der Waals surface area (Å²) in [5, 5.41) is 2.55. The van der Waals surface area contributed by atoms with Crippen molar-refractivity contribution >= 4 is 38.9 Å². The molecule has 0 aliphatic rings. The van der Waals surface area contributed by atoms with Gasteiger partial charge in [0.05, 0.1) is 11.0 Å². The van der Waals surface area contributed by atoms with Crippen molar-refractivity contribution in [3.8, 4) is 27.9 Å². The molecule has 244 valence electrons. The number of anilines is 3. The number of hydrogen-bond acceptors (Lipinski definition) is 1. The van der Waals surface area contributed by atoms with Crippen LogP contribution < -0.4 is 4.90 Å². The smallest absolute Gasteiger partial charge is 0.0541 e. The molecular formula is C49H38N2. The highest BCUT2D eigenvalue weighted by Gasteiger charge is 2.15. The molecule has 0 unspecified atom stereocenters. The normalized spacial score (nSPS) is 11.5. The highest BCUT2D eigenvalue weighted by atomic mass is 15.1. The van der Waals surface area contributed by atoms with E-state index in [1.807, 2.05) is 12.2 Å². The van der Waals surface area contributed by atoms with Crippen LogP contribution in [0.5, 0.6) is 0 Å². The maximum Gasteiger partial charge on any atom is 0.0541 e. The fraction of sp³-hybridized carbons (Fsp3) is 0.0204. The molecule has 0 aliphatic carbocycles. The second-order valence-electron chi connectivity index (χ2n) is 12.6. The first-order valence-corrected chi connectivity index (χ1v) is 17.4. The van der Waals surface area contributed by atoms with Crippen molar-refractivity contribution in [3.63, 3.8) is 0 Å². The first kappa shape index (κ1) is 31.6. The predicted octanol–water partition coefficient (Wildman–Crippen LogP) is 13.4. The van der Waals surface area contributed by atoms with Crippen molar-refractivity contribution in [1.29, 1.82) is 0 Å². The van der Waals surface area contributed by atoms with E-state index in [9.17, 15) is 0 Å². The van der Waals surface area contributed by atoms with E-state index >= 15 is 0 Å². The number of fused-ring (bicyclic) bond motifs is 3. The molecule has 0 aliphatic heterocycles. The van der Waals surface area contributed by atoms with Crippen LogP contribution >= 0.6 is 0 Å². The van der Waals surface area contributed by atoms with E-state index < -0.39 is 0 Å². The van der Waals surface area contributed by atoms with Gasteiger partial charge in [-0.15, -0.1) is 0 Å². The Kier molecular flexibility index (Phi) is 8.96. The first-order valence-electron chi connectivity index (χ1n) is 17.4. The van der Waals surface area contributed by atoms with Gasteiger partial charge in [0.1, 0.15) is 0 Å². The van der Waals surface area contributed by atoms with Gasteiger partial charge in [-0.3, -0.25) is 0 Å². The maximum absolute atomic E-state index is 3.74. The molecular weight excluding hydrogens is 617 g/mol. The van der Waals surface area contributed by atoms with Crippen LogP contribution in [-0.4, -0.2) is 4.57 Å². The number of benzene rings is 7. The Bertz CT molecular complexity index is 2410. The molecule has 0 amide bonds. The third-order valence-corrected chi connectivity index (χ3v) is 9.44. The van der Waals surface area contributed by atoms with Crippen LogP contribution in [0.2, 0.25) is 0 Å². The zero-order valence-corrected chi connectivity index (χ0v) is 28.4. The third kappa shape index (κ3) is 6.56. The topological polar surface area (TPSA) is 8.17 Å². The molecule has 8 rings (SSSR count). The lowest BCUT2D eigenvalue weighted by Gasteiger charge is -2.26. The van der Waals surface area contributed by atoms with Gasteiger partial charge in [0.25, 0.3) is 0 Å². The molecule has 0 saturated heterocycles. The average molecular weight is 655 g/mol. The molecule has 0 N–H and O–H groups in total. The average Bonchev–Trinajstić information content (AvgIpc) is 3.54. The molecule has 0 bridgehead atoms. The fourth-order valence-corrected chi connectivity index (χ4v) is 6.89. The minimum absolute atomic E-state index is 0.873. The summed E-state index contributed by atoms with van der Waals surface area (Å²) in [5.74, 6) is 0. The summed E-state index contributed by atoms with van der Waals surface area (Å²) < 4.78 is 2.36. The summed E-state index contributed by atoms with van der Waals surface area (Å²) in [5.41, 5.74) is 13.0. The third-order valence-electron chi connectivity index (χ3n) is 9.44. The number of aromatic nitrogens is 1. The van der Waals surface area contributed by atoms with Crippen LogP contribution in [-0.2, 0) is 6.42 Å². The molecule has 2 nitrogen and oxygen atoms in total. The lowest BCUT2D eigenvalue weighted by molar-refractivity contribution is 1.18. The van der Waals surface area contributed by atoms with Gasteiger partial charge in [-0.1, -0.05) is 152 Å². The Balaban J connectivity index is 1.10. The van der Waals surface area contributed by atoms with Crippen molar-refractivity contribution in [1.82, 2.24) is 4.57 Å². The van der Waals surface area contributed by atoms with Crippen molar-refractivity contribution in [2.24, 2.45) is 0 Å². The molecule has 7 aromatic carbocycles. The lowest BCUT2D eigenvalue weighted by atomic mass is 10.0. The number of hydrogen-bond donors (Lipinski definition) is 0. The van der Waals surface area contributed by atoms with Gasteiger partial charge in [-0.05, 0) is 94.9 Å². The minimum atomic E-state index is 0.873. The number of rotatable bonds is 10. The molecule has 1 aromatic heterocycles. The van der Waals surface area contributed by atoms with E-state index in [0.717, 1.165) is 29.2 Å². The van der Waals surface area contributed by atoms with E-state index in [0.29, 0.717) is 0 Å². The van der Waals surface area contributed by atoms with Crippen LogP contribution in [0.1, 0.15) is 5.56 Å². The maximum atomic E-state index is 3.74. The number of nitrogens with zero attached hydrogens (tertiary/aromatic N) is 2. The van der Waals surface area contributed by atoms with Crippen molar-refractivity contribution in [2.45, 2.75) is 6.42 Å². The van der Waals surface area contributed by atoms with Crippen molar-refractivity contribution < 1.29 is 0 Å². The van der Waals surface area contributed by atoms with Gasteiger partial charge in [-0.2, -0.15) is 0 Å². The predicted molar refractivity (Wildman–Crippen MR) is 219 cm³/mol. The van der Waals surface area contributed by atoms with Gasteiger partial charge in [0, 0.05) is 33.5 Å². The highest BCUT2D eigenvalue weighted by molar-refractivity contribution is 6.09. The molecule has 51 heavy (non-hydrogen) atoms. The largest absolute Gasteiger partial charge is 0.311 e. The molecule has 0 fully saturated rings. The summed E-state index contributed by atoms with van der Waals surface area (Å²) in [6, 6.07) is 63.4. The fourth-order valence-electron chi connectivity index (χ4n) is 6.89. The second-order valence-corrected chi connectivity index (χ2v) is 12.6. The highest BCUT2D eigenvalue weighted by Crippen LogP contribution is 2.37. The van der Waals surface area contributed by atoms with Crippen LogP contribution in [0.3, 0.4) is 0 Å². The van der Waals surface area contributed by atoms with Gasteiger partial charge in [0.2, 0.25) is 0 Å². The molecule has 1 heterocycles. The van der Waals surface area contributed by atoms with Gasteiger partial charge in [0.15, 0.2) is 0 Å². The van der Waals surface area contributed by atoms with E-state index in [1.54, 1.807) is 6.08 Å². The van der Waals surface area contributed by atoms with Gasteiger partial charge >= 0.3 is 0 Å². The standard InChI is InChI=1S/C49H38N2/c1-2-3-4-5-7-14-37-21-29-42(30-22-37)50(43-31-23-39(24-32-43)38-15-8-6-9-16-38)44-33-25-40(26-34-44)41-27-35-45(36-28-41)51-48-19-12-10-17-46(48)47-18-11-13-20-49(47)51/h2-13,15-36H,1,14H2/b4-3-,7-5-. The van der Waals surface area contributed by atoms with Crippen molar-refractivity contribution in [2.75, 3.05) is 4.90 Å².